The molecule has 7 heteroatoms. The second kappa shape index (κ2) is 8.58. The quantitative estimate of drug-likeness (QED) is 0.842. The van der Waals surface area contributed by atoms with Gasteiger partial charge in [-0.2, -0.15) is 0 Å². The molecule has 1 heterocycles. The van der Waals surface area contributed by atoms with Crippen LogP contribution in [0.5, 0.6) is 0 Å². The number of rotatable bonds is 5. The minimum Gasteiger partial charge on any atom is -0.376 e. The van der Waals surface area contributed by atoms with Crippen molar-refractivity contribution < 1.29 is 23.1 Å². The Morgan fingerprint density at radius 2 is 1.73 bits per heavy atom. The first-order valence-corrected chi connectivity index (χ1v) is 9.18. The van der Waals surface area contributed by atoms with Gasteiger partial charge in [-0.25, -0.2) is 8.78 Å². The fourth-order valence-corrected chi connectivity index (χ4v) is 3.61. The average Bonchev–Trinajstić information content (AvgIpc) is 3.15. The molecule has 1 saturated heterocycles. The maximum atomic E-state index is 13.6. The molecule has 1 unspecified atom stereocenters. The van der Waals surface area contributed by atoms with Crippen LogP contribution in [0.4, 0.5) is 14.5 Å². The summed E-state index contributed by atoms with van der Waals surface area (Å²) in [5, 5.41) is 5.46. The lowest BCUT2D eigenvalue weighted by atomic mass is 9.81. The predicted molar refractivity (Wildman–Crippen MR) is 92.4 cm³/mol. The van der Waals surface area contributed by atoms with Gasteiger partial charge in [-0.3, -0.25) is 9.59 Å². The van der Waals surface area contributed by atoms with E-state index in [0.29, 0.717) is 32.2 Å². The smallest absolute Gasteiger partial charge is 0.227 e. The first kappa shape index (κ1) is 18.8. The molecule has 1 aromatic carbocycles. The van der Waals surface area contributed by atoms with Crippen LogP contribution in [0.1, 0.15) is 38.5 Å². The van der Waals surface area contributed by atoms with Crippen molar-refractivity contribution in [3.8, 4) is 0 Å². The summed E-state index contributed by atoms with van der Waals surface area (Å²) in [5.74, 6) is -2.10. The van der Waals surface area contributed by atoms with Crippen LogP contribution in [0.2, 0.25) is 0 Å². The molecular formula is C19H24F2N2O3. The van der Waals surface area contributed by atoms with E-state index in [9.17, 15) is 18.4 Å². The molecule has 1 aliphatic carbocycles. The topological polar surface area (TPSA) is 67.4 Å². The molecule has 142 valence electrons. The molecule has 1 aliphatic heterocycles. The lowest BCUT2D eigenvalue weighted by molar-refractivity contribution is -0.128. The Morgan fingerprint density at radius 3 is 2.35 bits per heavy atom. The normalized spacial score (nSPS) is 25.7. The van der Waals surface area contributed by atoms with E-state index in [4.69, 9.17) is 4.74 Å². The summed E-state index contributed by atoms with van der Waals surface area (Å²) in [6.07, 6.45) is 4.54. The Bertz CT molecular complexity index is 654. The number of nitrogens with one attached hydrogen (secondary N) is 2. The summed E-state index contributed by atoms with van der Waals surface area (Å²) in [6.45, 7) is 1.30. The van der Waals surface area contributed by atoms with Gasteiger partial charge in [0.05, 0.1) is 11.8 Å². The largest absolute Gasteiger partial charge is 0.376 e. The predicted octanol–water partition coefficient (Wildman–Crippen LogP) is 3.00. The van der Waals surface area contributed by atoms with Crippen molar-refractivity contribution in [2.24, 2.45) is 11.8 Å². The monoisotopic (exact) mass is 366 g/mol. The Morgan fingerprint density at radius 1 is 1.04 bits per heavy atom. The highest BCUT2D eigenvalue weighted by molar-refractivity contribution is 5.92. The van der Waals surface area contributed by atoms with Crippen molar-refractivity contribution in [1.29, 1.82) is 0 Å². The third kappa shape index (κ3) is 4.78. The third-order valence-electron chi connectivity index (χ3n) is 5.19. The maximum absolute atomic E-state index is 13.6. The SMILES string of the molecule is O=C(NCC1CCCO1)C1CCC(C(=O)Nc2ccc(F)cc2F)CC1. The number of carbonyl (C=O) groups excluding carboxylic acids is 2. The summed E-state index contributed by atoms with van der Waals surface area (Å²) in [6, 6.07) is 3.06. The van der Waals surface area contributed by atoms with Crippen molar-refractivity contribution in [1.82, 2.24) is 5.32 Å². The summed E-state index contributed by atoms with van der Waals surface area (Å²) < 4.78 is 32.1. The van der Waals surface area contributed by atoms with Gasteiger partial charge < -0.3 is 15.4 Å². The lowest BCUT2D eigenvalue weighted by Crippen LogP contribution is -2.38. The number of anilines is 1. The van der Waals surface area contributed by atoms with Crippen LogP contribution in [-0.4, -0.2) is 31.1 Å². The number of halogens is 2. The number of hydrogen-bond donors (Lipinski definition) is 2. The summed E-state index contributed by atoms with van der Waals surface area (Å²) in [7, 11) is 0. The van der Waals surface area contributed by atoms with Gasteiger partial charge in [0.25, 0.3) is 0 Å². The molecular weight excluding hydrogens is 342 g/mol. The Balaban J connectivity index is 1.43. The summed E-state index contributed by atoms with van der Waals surface area (Å²) in [5.41, 5.74) is -0.0205. The molecule has 26 heavy (non-hydrogen) atoms. The molecule has 2 amide bonds. The van der Waals surface area contributed by atoms with Crippen LogP contribution in [0, 0.1) is 23.5 Å². The van der Waals surface area contributed by atoms with Crippen molar-refractivity contribution in [2.75, 3.05) is 18.5 Å². The molecule has 1 saturated carbocycles. The third-order valence-corrected chi connectivity index (χ3v) is 5.19. The second-order valence-corrected chi connectivity index (χ2v) is 7.04. The molecule has 5 nitrogen and oxygen atoms in total. The van der Waals surface area contributed by atoms with Crippen LogP contribution in [-0.2, 0) is 14.3 Å². The summed E-state index contributed by atoms with van der Waals surface area (Å²) >= 11 is 0. The Hall–Kier alpha value is -2.02. The maximum Gasteiger partial charge on any atom is 0.227 e. The molecule has 0 bridgehead atoms. The molecule has 1 atom stereocenters. The Kier molecular flexibility index (Phi) is 6.19. The van der Waals surface area contributed by atoms with Crippen LogP contribution in [0.15, 0.2) is 18.2 Å². The molecule has 2 aliphatic rings. The van der Waals surface area contributed by atoms with E-state index < -0.39 is 11.6 Å². The van der Waals surface area contributed by atoms with Crippen molar-refractivity contribution in [3.63, 3.8) is 0 Å². The fourth-order valence-electron chi connectivity index (χ4n) is 3.61. The molecule has 3 rings (SSSR count). The standard InChI is InChI=1S/C19H24F2N2O3/c20-14-7-8-17(16(21)10-14)23-19(25)13-5-3-12(4-6-13)18(24)22-11-15-2-1-9-26-15/h7-8,10,12-13,15H,1-6,9,11H2,(H,22,24)(H,23,25). The highest BCUT2D eigenvalue weighted by atomic mass is 19.1. The van der Waals surface area contributed by atoms with Crippen LogP contribution in [0.3, 0.4) is 0 Å². The van der Waals surface area contributed by atoms with Crippen LogP contribution < -0.4 is 10.6 Å². The van der Waals surface area contributed by atoms with E-state index in [2.05, 4.69) is 10.6 Å². The van der Waals surface area contributed by atoms with Gasteiger partial charge in [-0.1, -0.05) is 0 Å². The number of ether oxygens (including phenoxy) is 1. The molecule has 0 spiro atoms. The van der Waals surface area contributed by atoms with Gasteiger partial charge >= 0.3 is 0 Å². The first-order chi connectivity index (χ1) is 12.5. The highest BCUT2D eigenvalue weighted by Gasteiger charge is 2.30. The molecule has 2 N–H and O–H groups in total. The van der Waals surface area contributed by atoms with E-state index in [-0.39, 0.29) is 35.4 Å². The first-order valence-electron chi connectivity index (χ1n) is 9.18. The molecule has 1 aromatic rings. The van der Waals surface area contributed by atoms with Crippen LogP contribution >= 0.6 is 0 Å². The Labute approximate surface area is 151 Å². The summed E-state index contributed by atoms with van der Waals surface area (Å²) in [4.78, 5) is 24.5. The van der Waals surface area contributed by atoms with Gasteiger partial charge in [0, 0.05) is 31.1 Å². The van der Waals surface area contributed by atoms with E-state index in [1.165, 1.54) is 6.07 Å². The van der Waals surface area contributed by atoms with E-state index in [1.54, 1.807) is 0 Å². The second-order valence-electron chi connectivity index (χ2n) is 7.04. The minimum atomic E-state index is -0.791. The van der Waals surface area contributed by atoms with Gasteiger partial charge in [0.2, 0.25) is 11.8 Å². The van der Waals surface area contributed by atoms with Crippen molar-refractivity contribution in [3.05, 3.63) is 29.8 Å². The number of hydrogen-bond acceptors (Lipinski definition) is 3. The lowest BCUT2D eigenvalue weighted by Gasteiger charge is -2.27. The minimum absolute atomic E-state index is 0.0175. The van der Waals surface area contributed by atoms with Gasteiger partial charge in [0.15, 0.2) is 0 Å². The number of amides is 2. The van der Waals surface area contributed by atoms with Gasteiger partial charge in [0.1, 0.15) is 11.6 Å². The van der Waals surface area contributed by atoms with E-state index >= 15 is 0 Å². The van der Waals surface area contributed by atoms with Crippen LogP contribution in [0.25, 0.3) is 0 Å². The molecule has 0 aromatic heterocycles. The zero-order valence-corrected chi connectivity index (χ0v) is 14.6. The molecule has 2 fully saturated rings. The fraction of sp³-hybridized carbons (Fsp3) is 0.579. The number of benzene rings is 1. The number of carbonyl (C=O) groups is 2. The molecule has 0 radical (unpaired) electrons. The van der Waals surface area contributed by atoms with Gasteiger partial charge in [-0.05, 0) is 50.7 Å². The van der Waals surface area contributed by atoms with E-state index in [1.807, 2.05) is 0 Å². The van der Waals surface area contributed by atoms with Gasteiger partial charge in [-0.15, -0.1) is 0 Å². The highest BCUT2D eigenvalue weighted by Crippen LogP contribution is 2.30. The zero-order chi connectivity index (χ0) is 18.5. The van der Waals surface area contributed by atoms with Crippen molar-refractivity contribution >= 4 is 17.5 Å². The zero-order valence-electron chi connectivity index (χ0n) is 14.6. The average molecular weight is 366 g/mol. The van der Waals surface area contributed by atoms with E-state index in [0.717, 1.165) is 31.6 Å². The van der Waals surface area contributed by atoms with Crippen molar-refractivity contribution in [2.45, 2.75) is 44.6 Å².